The first-order valence-corrected chi connectivity index (χ1v) is 8.22. The molecule has 0 unspecified atom stereocenters. The van der Waals surface area contributed by atoms with Gasteiger partial charge in [0.2, 0.25) is 10.0 Å². The van der Waals surface area contributed by atoms with Crippen molar-refractivity contribution in [3.63, 3.8) is 0 Å². The smallest absolute Gasteiger partial charge is 0.250 e. The summed E-state index contributed by atoms with van der Waals surface area (Å²) in [7, 11) is -3.41. The van der Waals surface area contributed by atoms with E-state index in [1.807, 2.05) is 6.92 Å². The molecule has 1 aromatic rings. The number of nitrogens with two attached hydrogens (primary N) is 1. The number of sulfonamides is 1. The van der Waals surface area contributed by atoms with E-state index in [-0.39, 0.29) is 6.04 Å². The van der Waals surface area contributed by atoms with Crippen LogP contribution < -0.4 is 10.5 Å². The summed E-state index contributed by atoms with van der Waals surface area (Å²) < 4.78 is 32.7. The normalized spacial score (nSPS) is 18.1. The van der Waals surface area contributed by atoms with Crippen LogP contribution in [0.25, 0.3) is 0 Å². The van der Waals surface area contributed by atoms with Crippen LogP contribution in [0.4, 0.5) is 0 Å². The third-order valence-electron chi connectivity index (χ3n) is 2.99. The molecule has 0 saturated carbocycles. The molecule has 0 radical (unpaired) electrons. The molecule has 0 spiro atoms. The Hall–Kier alpha value is -0.470. The summed E-state index contributed by atoms with van der Waals surface area (Å²) in [5.41, 5.74) is 6.51. The van der Waals surface area contributed by atoms with Gasteiger partial charge in [0.25, 0.3) is 0 Å². The maximum atomic E-state index is 12.2. The summed E-state index contributed by atoms with van der Waals surface area (Å²) in [6.45, 7) is 3.49. The summed E-state index contributed by atoms with van der Waals surface area (Å²) in [5, 5.41) is 0. The Labute approximate surface area is 111 Å². The molecule has 2 rings (SSSR count). The first kappa shape index (κ1) is 14.0. The van der Waals surface area contributed by atoms with Crippen LogP contribution in [0.2, 0.25) is 0 Å². The van der Waals surface area contributed by atoms with E-state index >= 15 is 0 Å². The predicted molar refractivity (Wildman–Crippen MR) is 71.1 cm³/mol. The second-order valence-electron chi connectivity index (χ2n) is 4.38. The Kier molecular flexibility index (Phi) is 4.39. The fourth-order valence-corrected chi connectivity index (χ4v) is 4.71. The largest absolute Gasteiger partial charge is 0.381 e. The highest BCUT2D eigenvalue weighted by atomic mass is 32.2. The van der Waals surface area contributed by atoms with Crippen LogP contribution in [-0.2, 0) is 21.3 Å². The van der Waals surface area contributed by atoms with E-state index in [9.17, 15) is 8.42 Å². The molecule has 1 aliphatic rings. The van der Waals surface area contributed by atoms with Crippen molar-refractivity contribution in [2.24, 2.45) is 5.73 Å². The van der Waals surface area contributed by atoms with E-state index in [4.69, 9.17) is 10.5 Å². The first-order chi connectivity index (χ1) is 8.53. The maximum absolute atomic E-state index is 12.2. The first-order valence-electron chi connectivity index (χ1n) is 5.92. The van der Waals surface area contributed by atoms with Crippen molar-refractivity contribution in [3.8, 4) is 0 Å². The molecule has 0 amide bonds. The Balaban J connectivity index is 2.13. The number of thiophene rings is 1. The zero-order valence-electron chi connectivity index (χ0n) is 10.3. The van der Waals surface area contributed by atoms with Crippen LogP contribution in [-0.4, -0.2) is 27.7 Å². The van der Waals surface area contributed by atoms with Gasteiger partial charge in [-0.25, -0.2) is 13.1 Å². The van der Waals surface area contributed by atoms with Crippen LogP contribution in [0.15, 0.2) is 10.3 Å². The van der Waals surface area contributed by atoms with Crippen molar-refractivity contribution in [1.29, 1.82) is 0 Å². The monoisotopic (exact) mass is 290 g/mol. The average Bonchev–Trinajstić information content (AvgIpc) is 2.72. The number of hydrogen-bond acceptors (Lipinski definition) is 5. The Morgan fingerprint density at radius 3 is 2.72 bits per heavy atom. The topological polar surface area (TPSA) is 81.4 Å². The van der Waals surface area contributed by atoms with Crippen molar-refractivity contribution < 1.29 is 13.2 Å². The van der Waals surface area contributed by atoms with E-state index in [1.165, 1.54) is 11.3 Å². The summed E-state index contributed by atoms with van der Waals surface area (Å²) >= 11 is 1.25. The van der Waals surface area contributed by atoms with Gasteiger partial charge in [-0.2, -0.15) is 0 Å². The molecule has 3 N–H and O–H groups in total. The highest BCUT2D eigenvalue weighted by Crippen LogP contribution is 2.26. The molecular formula is C11H18N2O3S2. The number of hydrogen-bond donors (Lipinski definition) is 2. The molecule has 1 aromatic heterocycles. The van der Waals surface area contributed by atoms with Crippen LogP contribution in [0.5, 0.6) is 0 Å². The van der Waals surface area contributed by atoms with Gasteiger partial charge >= 0.3 is 0 Å². The van der Waals surface area contributed by atoms with Crippen LogP contribution in [0.1, 0.15) is 23.3 Å². The minimum Gasteiger partial charge on any atom is -0.381 e. The van der Waals surface area contributed by atoms with E-state index in [0.29, 0.717) is 24.0 Å². The maximum Gasteiger partial charge on any atom is 0.250 e. The Morgan fingerprint density at radius 2 is 2.17 bits per heavy atom. The summed E-state index contributed by atoms with van der Waals surface area (Å²) in [6, 6.07) is 1.67. The van der Waals surface area contributed by atoms with Crippen LogP contribution in [0, 0.1) is 6.92 Å². The molecule has 0 bridgehead atoms. The van der Waals surface area contributed by atoms with Gasteiger partial charge in [-0.15, -0.1) is 11.3 Å². The lowest BCUT2D eigenvalue weighted by atomic mass is 10.1. The quantitative estimate of drug-likeness (QED) is 0.866. The summed E-state index contributed by atoms with van der Waals surface area (Å²) in [4.78, 5) is 0.919. The van der Waals surface area contributed by atoms with Gasteiger partial charge in [0.05, 0.1) is 0 Å². The second kappa shape index (κ2) is 5.66. The molecule has 0 atom stereocenters. The van der Waals surface area contributed by atoms with Gasteiger partial charge in [-0.05, 0) is 31.4 Å². The summed E-state index contributed by atoms with van der Waals surface area (Å²) in [6.07, 6.45) is 1.46. The molecule has 7 heteroatoms. The zero-order valence-corrected chi connectivity index (χ0v) is 11.9. The van der Waals surface area contributed by atoms with Crippen molar-refractivity contribution in [3.05, 3.63) is 16.5 Å². The van der Waals surface area contributed by atoms with Gasteiger partial charge in [0, 0.05) is 30.7 Å². The van der Waals surface area contributed by atoms with Crippen LogP contribution >= 0.6 is 11.3 Å². The molecule has 2 heterocycles. The minimum atomic E-state index is -3.41. The van der Waals surface area contributed by atoms with Gasteiger partial charge in [-0.3, -0.25) is 0 Å². The zero-order chi connectivity index (χ0) is 13.2. The number of rotatable bonds is 4. The number of aryl methyl sites for hydroxylation is 1. The lowest BCUT2D eigenvalue weighted by molar-refractivity contribution is 0.0832. The third-order valence-corrected chi connectivity index (χ3v) is 6.24. The van der Waals surface area contributed by atoms with Crippen molar-refractivity contribution >= 4 is 21.4 Å². The molecule has 5 nitrogen and oxygen atoms in total. The van der Waals surface area contributed by atoms with Crippen molar-refractivity contribution in [2.75, 3.05) is 13.2 Å². The Bertz CT molecular complexity index is 504. The van der Waals surface area contributed by atoms with E-state index in [1.54, 1.807) is 6.07 Å². The van der Waals surface area contributed by atoms with Gasteiger partial charge in [0.15, 0.2) is 0 Å². The molecule has 0 aromatic carbocycles. The molecule has 1 saturated heterocycles. The molecule has 18 heavy (non-hydrogen) atoms. The molecule has 102 valence electrons. The van der Waals surface area contributed by atoms with Gasteiger partial charge in [-0.1, -0.05) is 0 Å². The highest BCUT2D eigenvalue weighted by molar-refractivity contribution is 7.91. The lowest BCUT2D eigenvalue weighted by Gasteiger charge is -2.22. The standard InChI is InChI=1S/C11H18N2O3S2/c1-8-6-11(17-10(8)7-12)18(14,15)13-9-2-4-16-5-3-9/h6,9,13H,2-5,7,12H2,1H3. The van der Waals surface area contributed by atoms with Crippen LogP contribution in [0.3, 0.4) is 0 Å². The molecular weight excluding hydrogens is 272 g/mol. The summed E-state index contributed by atoms with van der Waals surface area (Å²) in [5.74, 6) is 0. The average molecular weight is 290 g/mol. The predicted octanol–water partition coefficient (Wildman–Crippen LogP) is 0.973. The SMILES string of the molecule is Cc1cc(S(=O)(=O)NC2CCOCC2)sc1CN. The Morgan fingerprint density at radius 1 is 1.50 bits per heavy atom. The second-order valence-corrected chi connectivity index (χ2v) is 7.46. The van der Waals surface area contributed by atoms with Gasteiger partial charge < -0.3 is 10.5 Å². The fourth-order valence-electron chi connectivity index (χ4n) is 1.92. The minimum absolute atomic E-state index is 0.0208. The number of ether oxygens (including phenoxy) is 1. The van der Waals surface area contributed by atoms with Crippen molar-refractivity contribution in [2.45, 2.75) is 36.6 Å². The van der Waals surface area contributed by atoms with E-state index in [2.05, 4.69) is 4.72 Å². The number of nitrogens with one attached hydrogen (secondary N) is 1. The van der Waals surface area contributed by atoms with E-state index in [0.717, 1.165) is 23.3 Å². The highest BCUT2D eigenvalue weighted by Gasteiger charge is 2.24. The fraction of sp³-hybridized carbons (Fsp3) is 0.636. The molecule has 1 fully saturated rings. The molecule has 0 aliphatic carbocycles. The molecule has 1 aliphatic heterocycles. The lowest BCUT2D eigenvalue weighted by Crippen LogP contribution is -2.38. The van der Waals surface area contributed by atoms with Crippen molar-refractivity contribution in [1.82, 2.24) is 4.72 Å². The third kappa shape index (κ3) is 3.10. The van der Waals surface area contributed by atoms with E-state index < -0.39 is 10.0 Å². The van der Waals surface area contributed by atoms with Gasteiger partial charge in [0.1, 0.15) is 4.21 Å².